The molecule has 0 aliphatic carbocycles. The normalized spacial score (nSPS) is 10.8. The number of nitriles is 1. The van der Waals surface area contributed by atoms with E-state index in [2.05, 4.69) is 0 Å². The highest BCUT2D eigenvalue weighted by molar-refractivity contribution is 7.93. The van der Waals surface area contributed by atoms with E-state index in [1.807, 2.05) is 6.07 Å². The minimum Gasteiger partial charge on any atom is -0.457 e. The van der Waals surface area contributed by atoms with Gasteiger partial charge < -0.3 is 4.74 Å². The molecular formula is C22H17ClN2O4S. The van der Waals surface area contributed by atoms with Gasteiger partial charge in [0.2, 0.25) is 0 Å². The molecule has 3 aromatic rings. The Morgan fingerprint density at radius 1 is 1.07 bits per heavy atom. The Kier molecular flexibility index (Phi) is 6.40. The van der Waals surface area contributed by atoms with Gasteiger partial charge in [-0.05, 0) is 48.0 Å². The zero-order chi connectivity index (χ0) is 21.7. The van der Waals surface area contributed by atoms with Crippen LogP contribution in [0.5, 0.6) is 0 Å². The maximum Gasteiger partial charge on any atom is 0.338 e. The Bertz CT molecular complexity index is 1200. The minimum absolute atomic E-state index is 0.00132. The van der Waals surface area contributed by atoms with Gasteiger partial charge in [-0.2, -0.15) is 5.26 Å². The molecule has 6 nitrogen and oxygen atoms in total. The summed E-state index contributed by atoms with van der Waals surface area (Å²) in [6.45, 7) is -0.0147. The summed E-state index contributed by atoms with van der Waals surface area (Å²) >= 11 is 6.13. The molecule has 0 atom stereocenters. The molecular weight excluding hydrogens is 424 g/mol. The third-order valence-corrected chi connectivity index (χ3v) is 6.65. The van der Waals surface area contributed by atoms with Crippen LogP contribution in [0.2, 0.25) is 5.02 Å². The van der Waals surface area contributed by atoms with E-state index in [1.54, 1.807) is 54.6 Å². The van der Waals surface area contributed by atoms with Crippen molar-refractivity contribution >= 4 is 33.3 Å². The van der Waals surface area contributed by atoms with Crippen molar-refractivity contribution in [1.29, 1.82) is 5.26 Å². The predicted octanol–water partition coefficient (Wildman–Crippen LogP) is 4.39. The molecule has 0 unspecified atom stereocenters. The van der Waals surface area contributed by atoms with E-state index in [4.69, 9.17) is 21.6 Å². The molecule has 0 heterocycles. The van der Waals surface area contributed by atoms with E-state index >= 15 is 0 Å². The SMILES string of the molecule is CN(c1ccccc1)S(=O)(=O)c1cc(C(=O)OCc2ccc(C#N)cc2)ccc1Cl. The molecule has 0 saturated carbocycles. The van der Waals surface area contributed by atoms with Crippen LogP contribution in [0.1, 0.15) is 21.5 Å². The van der Waals surface area contributed by atoms with E-state index in [0.717, 1.165) is 4.31 Å². The Hall–Kier alpha value is -3.34. The summed E-state index contributed by atoms with van der Waals surface area (Å²) in [5.74, 6) is -0.685. The number of nitrogens with zero attached hydrogens (tertiary/aromatic N) is 2. The molecule has 0 fully saturated rings. The summed E-state index contributed by atoms with van der Waals surface area (Å²) < 4.78 is 32.4. The monoisotopic (exact) mass is 440 g/mol. The van der Waals surface area contributed by atoms with Gasteiger partial charge in [-0.3, -0.25) is 4.31 Å². The Balaban J connectivity index is 1.81. The van der Waals surface area contributed by atoms with Crippen molar-refractivity contribution in [3.05, 3.63) is 94.5 Å². The van der Waals surface area contributed by atoms with Gasteiger partial charge in [0.1, 0.15) is 11.5 Å². The van der Waals surface area contributed by atoms with E-state index in [-0.39, 0.29) is 22.1 Å². The lowest BCUT2D eigenvalue weighted by Crippen LogP contribution is -2.27. The lowest BCUT2D eigenvalue weighted by molar-refractivity contribution is 0.0472. The molecule has 0 bridgehead atoms. The van der Waals surface area contributed by atoms with Crippen molar-refractivity contribution < 1.29 is 17.9 Å². The van der Waals surface area contributed by atoms with E-state index < -0.39 is 16.0 Å². The number of carbonyl (C=O) groups excluding carboxylic acids is 1. The zero-order valence-electron chi connectivity index (χ0n) is 15.9. The molecule has 0 aliphatic rings. The molecule has 0 amide bonds. The fourth-order valence-corrected chi connectivity index (χ4v) is 4.35. The molecule has 0 radical (unpaired) electrons. The molecule has 3 rings (SSSR count). The van der Waals surface area contributed by atoms with Gasteiger partial charge in [-0.25, -0.2) is 13.2 Å². The van der Waals surface area contributed by atoms with E-state index in [1.165, 1.54) is 25.2 Å². The van der Waals surface area contributed by atoms with Crippen LogP contribution in [0.15, 0.2) is 77.7 Å². The maximum absolute atomic E-state index is 13.0. The summed E-state index contributed by atoms with van der Waals surface area (Å²) in [6, 6.07) is 21.1. The van der Waals surface area contributed by atoms with E-state index in [0.29, 0.717) is 16.8 Å². The number of benzene rings is 3. The molecule has 0 saturated heterocycles. The van der Waals surface area contributed by atoms with Gasteiger partial charge in [0.05, 0.1) is 27.9 Å². The van der Waals surface area contributed by atoms with Gasteiger partial charge >= 0.3 is 5.97 Å². The Labute approximate surface area is 179 Å². The number of para-hydroxylation sites is 1. The van der Waals surface area contributed by atoms with Gasteiger partial charge in [0.25, 0.3) is 10.0 Å². The summed E-state index contributed by atoms with van der Waals surface area (Å²) in [5.41, 5.74) is 1.73. The first-order valence-electron chi connectivity index (χ1n) is 8.82. The third-order valence-electron chi connectivity index (χ3n) is 4.38. The average molecular weight is 441 g/mol. The molecule has 0 aromatic heterocycles. The molecule has 8 heteroatoms. The quantitative estimate of drug-likeness (QED) is 0.530. The number of anilines is 1. The maximum atomic E-state index is 13.0. The van der Waals surface area contributed by atoms with Crippen molar-refractivity contribution in [2.45, 2.75) is 11.5 Å². The number of sulfonamides is 1. The number of hydrogen-bond acceptors (Lipinski definition) is 5. The van der Waals surface area contributed by atoms with Crippen LogP contribution in [0.4, 0.5) is 5.69 Å². The number of halogens is 1. The largest absolute Gasteiger partial charge is 0.457 e. The number of carbonyl (C=O) groups is 1. The first kappa shape index (κ1) is 21.4. The van der Waals surface area contributed by atoms with Crippen molar-refractivity contribution in [3.8, 4) is 6.07 Å². The Morgan fingerprint density at radius 3 is 2.37 bits per heavy atom. The highest BCUT2D eigenvalue weighted by Gasteiger charge is 2.25. The zero-order valence-corrected chi connectivity index (χ0v) is 17.5. The minimum atomic E-state index is -3.99. The fraction of sp³-hybridized carbons (Fsp3) is 0.0909. The van der Waals surface area contributed by atoms with Crippen LogP contribution in [0.3, 0.4) is 0 Å². The number of ether oxygens (including phenoxy) is 1. The van der Waals surface area contributed by atoms with Crippen molar-refractivity contribution in [3.63, 3.8) is 0 Å². The molecule has 0 spiro atoms. The molecule has 0 N–H and O–H groups in total. The second-order valence-corrected chi connectivity index (χ2v) is 8.68. The van der Waals surface area contributed by atoms with E-state index in [9.17, 15) is 13.2 Å². The summed E-state index contributed by atoms with van der Waals surface area (Å²) in [5, 5.41) is 8.82. The first-order valence-corrected chi connectivity index (χ1v) is 10.6. The van der Waals surface area contributed by atoms with Crippen LogP contribution in [-0.4, -0.2) is 21.4 Å². The topological polar surface area (TPSA) is 87.5 Å². The molecule has 152 valence electrons. The highest BCUT2D eigenvalue weighted by Crippen LogP contribution is 2.28. The van der Waals surface area contributed by atoms with Crippen molar-refractivity contribution in [2.24, 2.45) is 0 Å². The van der Waals surface area contributed by atoms with Crippen LogP contribution < -0.4 is 4.31 Å². The average Bonchev–Trinajstić information content (AvgIpc) is 2.78. The lowest BCUT2D eigenvalue weighted by atomic mass is 10.1. The molecule has 30 heavy (non-hydrogen) atoms. The highest BCUT2D eigenvalue weighted by atomic mass is 35.5. The molecule has 0 aliphatic heterocycles. The first-order chi connectivity index (χ1) is 14.3. The number of esters is 1. The lowest BCUT2D eigenvalue weighted by Gasteiger charge is -2.20. The van der Waals surface area contributed by atoms with Gasteiger partial charge in [0.15, 0.2) is 0 Å². The summed E-state index contributed by atoms with van der Waals surface area (Å²) in [7, 11) is -2.58. The van der Waals surface area contributed by atoms with Gasteiger partial charge in [-0.15, -0.1) is 0 Å². The van der Waals surface area contributed by atoms with Crippen molar-refractivity contribution in [1.82, 2.24) is 0 Å². The summed E-state index contributed by atoms with van der Waals surface area (Å²) in [6.07, 6.45) is 0. The Morgan fingerprint density at radius 2 is 1.73 bits per heavy atom. The van der Waals surface area contributed by atoms with Crippen LogP contribution in [0.25, 0.3) is 0 Å². The molecule has 3 aromatic carbocycles. The predicted molar refractivity (Wildman–Crippen MR) is 114 cm³/mol. The standard InChI is InChI=1S/C22H17ClN2O4S/c1-25(19-5-3-2-4-6-19)30(27,28)21-13-18(11-12-20(21)23)22(26)29-15-17-9-7-16(14-24)8-10-17/h2-13H,15H2,1H3. The smallest absolute Gasteiger partial charge is 0.338 e. The number of hydrogen-bond donors (Lipinski definition) is 0. The summed E-state index contributed by atoms with van der Waals surface area (Å²) in [4.78, 5) is 12.3. The van der Waals surface area contributed by atoms with Crippen molar-refractivity contribution in [2.75, 3.05) is 11.4 Å². The second kappa shape index (κ2) is 8.99. The number of rotatable bonds is 6. The van der Waals surface area contributed by atoms with Gasteiger partial charge in [0, 0.05) is 7.05 Å². The van der Waals surface area contributed by atoms with Crippen LogP contribution >= 0.6 is 11.6 Å². The van der Waals surface area contributed by atoms with Crippen LogP contribution in [0, 0.1) is 11.3 Å². The third kappa shape index (κ3) is 4.62. The second-order valence-electron chi connectivity index (χ2n) is 6.34. The van der Waals surface area contributed by atoms with Gasteiger partial charge in [-0.1, -0.05) is 41.9 Å². The fourth-order valence-electron chi connectivity index (χ4n) is 2.66. The van der Waals surface area contributed by atoms with Crippen LogP contribution in [-0.2, 0) is 21.4 Å².